The van der Waals surface area contributed by atoms with Crippen LogP contribution in [-0.2, 0) is 16.1 Å². The average molecular weight is 466 g/mol. The molecular formula is C25H25F2N5O2. The van der Waals surface area contributed by atoms with E-state index in [0.717, 1.165) is 24.5 Å². The zero-order chi connectivity index (χ0) is 23.8. The second-order valence-corrected chi connectivity index (χ2v) is 7.99. The highest BCUT2D eigenvalue weighted by atomic mass is 19.1. The minimum Gasteiger partial charge on any atom is -0.381 e. The van der Waals surface area contributed by atoms with E-state index in [1.807, 2.05) is 12.1 Å². The highest BCUT2D eigenvalue weighted by molar-refractivity contribution is 6.27. The van der Waals surface area contributed by atoms with Crippen LogP contribution in [0.25, 0.3) is 11.3 Å². The molecule has 4 rings (SSSR count). The molecule has 0 atom stereocenters. The Labute approximate surface area is 196 Å². The molecule has 3 aromatic rings. The molecule has 0 aliphatic carbocycles. The van der Waals surface area contributed by atoms with Gasteiger partial charge in [0.25, 0.3) is 0 Å². The largest absolute Gasteiger partial charge is 0.381 e. The van der Waals surface area contributed by atoms with E-state index >= 15 is 0 Å². The van der Waals surface area contributed by atoms with Crippen molar-refractivity contribution in [2.75, 3.05) is 25.1 Å². The lowest BCUT2D eigenvalue weighted by Gasteiger charge is -2.22. The second-order valence-electron chi connectivity index (χ2n) is 7.99. The predicted octanol–water partition coefficient (Wildman–Crippen LogP) is 4.28. The molecule has 176 valence electrons. The first kappa shape index (κ1) is 23.4. The Hall–Kier alpha value is -3.72. The Balaban J connectivity index is 1.60. The third kappa shape index (κ3) is 6.41. The minimum absolute atomic E-state index is 0.183. The Kier molecular flexibility index (Phi) is 7.87. The van der Waals surface area contributed by atoms with Gasteiger partial charge in [-0.15, -0.1) is 0 Å². The summed E-state index contributed by atoms with van der Waals surface area (Å²) in [5, 5.41) is 6.31. The molecule has 1 aromatic carbocycles. The SMILES string of the molecule is O=C/C(=N\c1ccc(-c2cc(F)cc(F)c2)nc1NCc1cccnc1)NCC1CCOCC1. The van der Waals surface area contributed by atoms with E-state index in [4.69, 9.17) is 4.74 Å². The molecule has 0 radical (unpaired) electrons. The summed E-state index contributed by atoms with van der Waals surface area (Å²) in [5.41, 5.74) is 2.00. The molecule has 0 bridgehead atoms. The van der Waals surface area contributed by atoms with E-state index in [1.54, 1.807) is 24.5 Å². The first-order valence-corrected chi connectivity index (χ1v) is 11.1. The first-order valence-electron chi connectivity index (χ1n) is 11.1. The van der Waals surface area contributed by atoms with Crippen molar-refractivity contribution >= 4 is 23.6 Å². The number of benzene rings is 1. The van der Waals surface area contributed by atoms with E-state index in [2.05, 4.69) is 25.6 Å². The summed E-state index contributed by atoms with van der Waals surface area (Å²) in [6.07, 6.45) is 5.92. The van der Waals surface area contributed by atoms with Crippen molar-refractivity contribution < 1.29 is 18.3 Å². The van der Waals surface area contributed by atoms with Crippen LogP contribution in [0, 0.1) is 17.6 Å². The fraction of sp³-hybridized carbons (Fsp3) is 0.280. The highest BCUT2D eigenvalue weighted by Crippen LogP contribution is 2.29. The molecule has 9 heteroatoms. The number of amidine groups is 1. The first-order chi connectivity index (χ1) is 16.6. The van der Waals surface area contributed by atoms with Gasteiger partial charge in [-0.25, -0.2) is 18.8 Å². The lowest BCUT2D eigenvalue weighted by molar-refractivity contribution is -0.102. The van der Waals surface area contributed by atoms with E-state index in [9.17, 15) is 13.6 Å². The molecule has 0 spiro atoms. The van der Waals surface area contributed by atoms with Crippen molar-refractivity contribution in [1.29, 1.82) is 0 Å². The number of halogens is 2. The van der Waals surface area contributed by atoms with Crippen molar-refractivity contribution in [3.8, 4) is 11.3 Å². The number of carbonyl (C=O) groups excluding carboxylic acids is 1. The van der Waals surface area contributed by atoms with Gasteiger partial charge in [-0.3, -0.25) is 9.78 Å². The summed E-state index contributed by atoms with van der Waals surface area (Å²) in [6, 6.07) is 10.2. The number of anilines is 1. The summed E-state index contributed by atoms with van der Waals surface area (Å²) in [5.74, 6) is -0.417. The van der Waals surface area contributed by atoms with Crippen molar-refractivity contribution in [3.05, 3.63) is 72.1 Å². The lowest BCUT2D eigenvalue weighted by atomic mass is 10.0. The smallest absolute Gasteiger partial charge is 0.185 e. The van der Waals surface area contributed by atoms with Gasteiger partial charge in [0.05, 0.1) is 5.69 Å². The van der Waals surface area contributed by atoms with E-state index in [-0.39, 0.29) is 5.84 Å². The molecule has 7 nitrogen and oxygen atoms in total. The fourth-order valence-corrected chi connectivity index (χ4v) is 3.66. The van der Waals surface area contributed by atoms with Gasteiger partial charge in [0.1, 0.15) is 17.3 Å². The number of aldehydes is 1. The van der Waals surface area contributed by atoms with Crippen LogP contribution in [0.15, 0.2) is 59.9 Å². The Bertz CT molecular complexity index is 1130. The average Bonchev–Trinajstić information content (AvgIpc) is 2.86. The Morgan fingerprint density at radius 2 is 1.94 bits per heavy atom. The molecule has 1 fully saturated rings. The van der Waals surface area contributed by atoms with Gasteiger partial charge in [-0.05, 0) is 54.7 Å². The van der Waals surface area contributed by atoms with Gasteiger partial charge in [0.2, 0.25) is 0 Å². The summed E-state index contributed by atoms with van der Waals surface area (Å²) < 4.78 is 32.9. The fourth-order valence-electron chi connectivity index (χ4n) is 3.66. The van der Waals surface area contributed by atoms with E-state index < -0.39 is 11.6 Å². The highest BCUT2D eigenvalue weighted by Gasteiger charge is 2.15. The molecule has 1 aliphatic heterocycles. The number of ether oxygens (including phenoxy) is 1. The van der Waals surface area contributed by atoms with Gasteiger partial charge in [-0.2, -0.15) is 0 Å². The van der Waals surface area contributed by atoms with Crippen LogP contribution in [0.3, 0.4) is 0 Å². The minimum atomic E-state index is -0.690. The molecule has 1 saturated heterocycles. The van der Waals surface area contributed by atoms with Crippen molar-refractivity contribution in [1.82, 2.24) is 15.3 Å². The zero-order valence-electron chi connectivity index (χ0n) is 18.5. The van der Waals surface area contributed by atoms with Crippen LogP contribution < -0.4 is 10.6 Å². The summed E-state index contributed by atoms with van der Waals surface area (Å²) in [4.78, 5) is 24.8. The van der Waals surface area contributed by atoms with Crippen molar-refractivity contribution in [2.24, 2.45) is 10.9 Å². The van der Waals surface area contributed by atoms with Crippen LogP contribution in [0.2, 0.25) is 0 Å². The number of hydrogen-bond acceptors (Lipinski definition) is 6. The number of aromatic nitrogens is 2. The van der Waals surface area contributed by atoms with Crippen LogP contribution in [-0.4, -0.2) is 41.8 Å². The van der Waals surface area contributed by atoms with Gasteiger partial charge < -0.3 is 15.4 Å². The van der Waals surface area contributed by atoms with Gasteiger partial charge in [-0.1, -0.05) is 6.07 Å². The van der Waals surface area contributed by atoms with Crippen molar-refractivity contribution in [2.45, 2.75) is 19.4 Å². The maximum Gasteiger partial charge on any atom is 0.185 e. The second kappa shape index (κ2) is 11.4. The van der Waals surface area contributed by atoms with Gasteiger partial charge in [0, 0.05) is 50.3 Å². The number of hydrogen-bond donors (Lipinski definition) is 2. The number of pyridine rings is 2. The predicted molar refractivity (Wildman–Crippen MR) is 126 cm³/mol. The standard InChI is InChI=1S/C25H25F2N5O2/c26-20-10-19(11-21(27)12-20)22-3-4-23(25(32-22)30-15-18-2-1-7-28-13-18)31-24(16-33)29-14-17-5-8-34-9-6-17/h1-4,7,10-13,16-17H,5-6,8-9,14-15H2,(H,29,31)(H,30,32). The van der Waals surface area contributed by atoms with Crippen LogP contribution >= 0.6 is 0 Å². The number of carbonyl (C=O) groups is 1. The number of rotatable bonds is 8. The van der Waals surface area contributed by atoms with Crippen LogP contribution in [0.4, 0.5) is 20.3 Å². The monoisotopic (exact) mass is 465 g/mol. The lowest BCUT2D eigenvalue weighted by Crippen LogP contribution is -2.32. The van der Waals surface area contributed by atoms with Gasteiger partial charge >= 0.3 is 0 Å². The third-order valence-electron chi connectivity index (χ3n) is 5.48. The Morgan fingerprint density at radius 3 is 2.65 bits per heavy atom. The number of nitrogens with zero attached hydrogens (tertiary/aromatic N) is 3. The molecule has 0 amide bonds. The maximum atomic E-state index is 13.8. The van der Waals surface area contributed by atoms with Crippen LogP contribution in [0.1, 0.15) is 18.4 Å². The Morgan fingerprint density at radius 1 is 1.15 bits per heavy atom. The quantitative estimate of drug-likeness (QED) is 0.293. The molecule has 3 heterocycles. The topological polar surface area (TPSA) is 88.5 Å². The molecular weight excluding hydrogens is 440 g/mol. The van der Waals surface area contributed by atoms with E-state index in [0.29, 0.717) is 61.3 Å². The molecule has 2 N–H and O–H groups in total. The third-order valence-corrected chi connectivity index (χ3v) is 5.48. The number of aliphatic imine (C=N–C) groups is 1. The molecule has 1 aliphatic rings. The maximum absolute atomic E-state index is 13.8. The van der Waals surface area contributed by atoms with Crippen LogP contribution in [0.5, 0.6) is 0 Å². The summed E-state index contributed by atoms with van der Waals surface area (Å²) in [6.45, 7) is 2.45. The molecule has 2 aromatic heterocycles. The molecule has 34 heavy (non-hydrogen) atoms. The van der Waals surface area contributed by atoms with Gasteiger partial charge in [0.15, 0.2) is 17.9 Å². The number of nitrogens with one attached hydrogen (secondary N) is 2. The molecule has 0 saturated carbocycles. The molecule has 0 unspecified atom stereocenters. The van der Waals surface area contributed by atoms with Crippen molar-refractivity contribution in [3.63, 3.8) is 0 Å². The summed E-state index contributed by atoms with van der Waals surface area (Å²) in [7, 11) is 0. The van der Waals surface area contributed by atoms with E-state index in [1.165, 1.54) is 12.1 Å². The normalized spacial score (nSPS) is 14.6. The summed E-state index contributed by atoms with van der Waals surface area (Å²) >= 11 is 0. The zero-order valence-corrected chi connectivity index (χ0v) is 18.5.